The highest BCUT2D eigenvalue weighted by Crippen LogP contribution is 2.26. The minimum atomic E-state index is -0.870. The largest absolute Gasteiger partial charge is 0.481 e. The maximum Gasteiger partial charge on any atom is 0.307 e. The number of aromatic nitrogens is 2. The van der Waals surface area contributed by atoms with Gasteiger partial charge in [-0.05, 0) is 18.4 Å². The third kappa shape index (κ3) is 2.25. The van der Waals surface area contributed by atoms with Crippen LogP contribution in [-0.4, -0.2) is 21.0 Å². The van der Waals surface area contributed by atoms with Crippen molar-refractivity contribution in [1.29, 1.82) is 0 Å². The van der Waals surface area contributed by atoms with Gasteiger partial charge in [-0.3, -0.25) is 4.79 Å². The quantitative estimate of drug-likeness (QED) is 0.883. The molecule has 2 aromatic heterocycles. The van der Waals surface area contributed by atoms with Crippen molar-refractivity contribution >= 4 is 17.3 Å². The Labute approximate surface area is 96.6 Å². The van der Waals surface area contributed by atoms with Crippen LogP contribution in [0, 0.1) is 6.92 Å². The van der Waals surface area contributed by atoms with Gasteiger partial charge in [0.1, 0.15) is 5.82 Å². The van der Waals surface area contributed by atoms with Gasteiger partial charge >= 0.3 is 5.97 Å². The molecule has 82 valence electrons. The van der Waals surface area contributed by atoms with Gasteiger partial charge in [0.05, 0.1) is 17.0 Å². The predicted octanol–water partition coefficient (Wildman–Crippen LogP) is 2.14. The number of carbonyl (C=O) groups is 1. The number of nitrogens with zero attached hydrogens (tertiary/aromatic N) is 2. The third-order valence-electron chi connectivity index (χ3n) is 2.08. The van der Waals surface area contributed by atoms with Crippen LogP contribution in [-0.2, 0) is 11.2 Å². The molecule has 5 heteroatoms. The van der Waals surface area contributed by atoms with Gasteiger partial charge in [-0.2, -0.15) is 0 Å². The molecule has 0 bridgehead atoms. The van der Waals surface area contributed by atoms with Crippen molar-refractivity contribution in [2.45, 2.75) is 13.3 Å². The fourth-order valence-corrected chi connectivity index (χ4v) is 2.16. The maximum absolute atomic E-state index is 10.7. The number of hydrogen-bond donors (Lipinski definition) is 1. The van der Waals surface area contributed by atoms with Gasteiger partial charge in [-0.25, -0.2) is 9.97 Å². The van der Waals surface area contributed by atoms with Crippen LogP contribution >= 0.6 is 11.3 Å². The summed E-state index contributed by atoms with van der Waals surface area (Å²) in [6.45, 7) is 1.79. The molecule has 0 aliphatic rings. The van der Waals surface area contributed by atoms with E-state index in [2.05, 4.69) is 9.97 Å². The van der Waals surface area contributed by atoms with E-state index < -0.39 is 5.97 Å². The fraction of sp³-hybridized carbons (Fsp3) is 0.182. The van der Waals surface area contributed by atoms with Crippen LogP contribution in [0.5, 0.6) is 0 Å². The molecule has 0 fully saturated rings. The summed E-state index contributed by atoms with van der Waals surface area (Å²) in [5.41, 5.74) is 1.38. The molecule has 16 heavy (non-hydrogen) atoms. The summed E-state index contributed by atoms with van der Waals surface area (Å²) < 4.78 is 0. The van der Waals surface area contributed by atoms with E-state index in [1.54, 1.807) is 24.5 Å². The highest BCUT2D eigenvalue weighted by atomic mass is 32.1. The number of aryl methyl sites for hydroxylation is 1. The Balaban J connectivity index is 2.48. The molecule has 2 rings (SSSR count). The normalized spacial score (nSPS) is 10.3. The molecule has 0 atom stereocenters. The van der Waals surface area contributed by atoms with Crippen LogP contribution in [0.1, 0.15) is 11.4 Å². The van der Waals surface area contributed by atoms with Crippen LogP contribution < -0.4 is 0 Å². The van der Waals surface area contributed by atoms with Crippen molar-refractivity contribution in [3.8, 4) is 10.6 Å². The van der Waals surface area contributed by atoms with E-state index in [0.29, 0.717) is 11.4 Å². The van der Waals surface area contributed by atoms with E-state index >= 15 is 0 Å². The van der Waals surface area contributed by atoms with Crippen molar-refractivity contribution in [1.82, 2.24) is 9.97 Å². The summed E-state index contributed by atoms with van der Waals surface area (Å²) in [5, 5.41) is 10.7. The minimum Gasteiger partial charge on any atom is -0.481 e. The lowest BCUT2D eigenvalue weighted by Gasteiger charge is -2.05. The molecule has 0 aliphatic carbocycles. The van der Waals surface area contributed by atoms with Crippen LogP contribution in [0.15, 0.2) is 23.7 Å². The van der Waals surface area contributed by atoms with Gasteiger partial charge < -0.3 is 5.11 Å². The van der Waals surface area contributed by atoms with Crippen LogP contribution in [0.25, 0.3) is 10.6 Å². The zero-order chi connectivity index (χ0) is 11.5. The van der Waals surface area contributed by atoms with Crippen LogP contribution in [0.4, 0.5) is 0 Å². The number of carboxylic acid groups (broad SMARTS) is 1. The summed E-state index contributed by atoms with van der Waals surface area (Å²) in [6.07, 6.45) is 1.54. The van der Waals surface area contributed by atoms with Gasteiger partial charge in [0.25, 0.3) is 0 Å². The molecular weight excluding hydrogens is 224 g/mol. The van der Waals surface area contributed by atoms with Crippen LogP contribution in [0.2, 0.25) is 0 Å². The summed E-state index contributed by atoms with van der Waals surface area (Å²) in [4.78, 5) is 20.0. The molecule has 2 heterocycles. The highest BCUT2D eigenvalue weighted by Gasteiger charge is 2.11. The monoisotopic (exact) mass is 234 g/mol. The Bertz CT molecular complexity index is 509. The lowest BCUT2D eigenvalue weighted by atomic mass is 10.1. The van der Waals surface area contributed by atoms with Crippen molar-refractivity contribution in [3.63, 3.8) is 0 Å². The first-order chi connectivity index (χ1) is 7.66. The van der Waals surface area contributed by atoms with Crippen LogP contribution in [0.3, 0.4) is 0 Å². The van der Waals surface area contributed by atoms with Crippen molar-refractivity contribution in [2.24, 2.45) is 0 Å². The number of carboxylic acids is 1. The molecule has 4 nitrogen and oxygen atoms in total. The second-order valence-electron chi connectivity index (χ2n) is 3.34. The zero-order valence-electron chi connectivity index (χ0n) is 8.67. The molecule has 0 amide bonds. The van der Waals surface area contributed by atoms with Gasteiger partial charge in [0, 0.05) is 11.8 Å². The van der Waals surface area contributed by atoms with Crippen molar-refractivity contribution < 1.29 is 9.90 Å². The molecule has 0 saturated heterocycles. The van der Waals surface area contributed by atoms with E-state index in [0.717, 1.165) is 10.6 Å². The summed E-state index contributed by atoms with van der Waals surface area (Å²) in [5.74, 6) is -0.220. The second-order valence-corrected chi connectivity index (χ2v) is 4.29. The number of aliphatic carboxylic acids is 1. The summed E-state index contributed by atoms with van der Waals surface area (Å²) in [6, 6.07) is 3.85. The SMILES string of the molecule is Cc1ncc(CC(=O)O)c(-c2cccs2)n1. The van der Waals surface area contributed by atoms with Crippen molar-refractivity contribution in [2.75, 3.05) is 0 Å². The summed E-state index contributed by atoms with van der Waals surface area (Å²) >= 11 is 1.54. The minimum absolute atomic E-state index is 0.0481. The molecule has 0 aliphatic heterocycles. The maximum atomic E-state index is 10.7. The molecule has 2 aromatic rings. The molecule has 1 N–H and O–H groups in total. The molecule has 0 spiro atoms. The lowest BCUT2D eigenvalue weighted by Crippen LogP contribution is -2.04. The van der Waals surface area contributed by atoms with E-state index in [9.17, 15) is 4.79 Å². The van der Waals surface area contributed by atoms with Gasteiger partial charge in [0.2, 0.25) is 0 Å². The van der Waals surface area contributed by atoms with Gasteiger partial charge in [0.15, 0.2) is 0 Å². The standard InChI is InChI=1S/C11H10N2O2S/c1-7-12-6-8(5-10(14)15)11(13-7)9-3-2-4-16-9/h2-4,6H,5H2,1H3,(H,14,15). The van der Waals surface area contributed by atoms with E-state index in [1.165, 1.54) is 0 Å². The number of thiophene rings is 1. The average Bonchev–Trinajstić information content (AvgIpc) is 2.73. The first-order valence-corrected chi connectivity index (χ1v) is 5.63. The zero-order valence-corrected chi connectivity index (χ0v) is 9.49. The second kappa shape index (κ2) is 4.40. The number of hydrogen-bond acceptors (Lipinski definition) is 4. The smallest absolute Gasteiger partial charge is 0.307 e. The Morgan fingerprint density at radius 2 is 2.38 bits per heavy atom. The van der Waals surface area contributed by atoms with E-state index in [4.69, 9.17) is 5.11 Å². The Kier molecular flexibility index (Phi) is 2.96. The predicted molar refractivity (Wildman–Crippen MR) is 61.4 cm³/mol. The van der Waals surface area contributed by atoms with Crippen molar-refractivity contribution in [3.05, 3.63) is 35.1 Å². The number of rotatable bonds is 3. The molecule has 0 aromatic carbocycles. The van der Waals surface area contributed by atoms with E-state index in [-0.39, 0.29) is 6.42 Å². The Hall–Kier alpha value is -1.75. The Morgan fingerprint density at radius 1 is 1.56 bits per heavy atom. The highest BCUT2D eigenvalue weighted by molar-refractivity contribution is 7.13. The fourth-order valence-electron chi connectivity index (χ4n) is 1.41. The molecule has 0 saturated carbocycles. The lowest BCUT2D eigenvalue weighted by molar-refractivity contribution is -0.136. The molecule has 0 radical (unpaired) electrons. The molecule has 0 unspecified atom stereocenters. The first-order valence-electron chi connectivity index (χ1n) is 4.75. The summed E-state index contributed by atoms with van der Waals surface area (Å²) in [7, 11) is 0. The van der Waals surface area contributed by atoms with E-state index in [1.807, 2.05) is 17.5 Å². The topological polar surface area (TPSA) is 63.1 Å². The van der Waals surface area contributed by atoms with Gasteiger partial charge in [-0.1, -0.05) is 6.07 Å². The first kappa shape index (κ1) is 10.8. The Morgan fingerprint density at radius 3 is 3.00 bits per heavy atom. The average molecular weight is 234 g/mol. The third-order valence-corrected chi connectivity index (χ3v) is 2.96. The molecular formula is C11H10N2O2S. The van der Waals surface area contributed by atoms with Gasteiger partial charge in [-0.15, -0.1) is 11.3 Å².